The Morgan fingerprint density at radius 1 is 0.800 bits per heavy atom. The number of benzene rings is 4. The van der Waals surface area contributed by atoms with E-state index in [1.807, 2.05) is 58.0 Å². The van der Waals surface area contributed by atoms with Gasteiger partial charge in [0.15, 0.2) is 5.65 Å². The molecule has 85 heavy (non-hydrogen) atoms. The Balaban J connectivity index is 0.667. The van der Waals surface area contributed by atoms with Gasteiger partial charge in [0.25, 0.3) is 5.91 Å². The molecule has 0 spiro atoms. The first kappa shape index (κ1) is 61.9. The Labute approximate surface area is 503 Å². The Kier molecular flexibility index (Phi) is 21.5. The molecule has 2 N–H and O–H groups in total. The van der Waals surface area contributed by atoms with Crippen LogP contribution in [0, 0.1) is 5.82 Å². The lowest BCUT2D eigenvalue weighted by atomic mass is 9.93. The second-order valence-electron chi connectivity index (χ2n) is 20.8. The Morgan fingerprint density at radius 2 is 1.48 bits per heavy atom. The topological polar surface area (TPSA) is 212 Å². The van der Waals surface area contributed by atoms with Gasteiger partial charge in [-0.2, -0.15) is 5.10 Å². The number of hydrogen-bond donors (Lipinski definition) is 2. The SMILES string of the molecule is COc1ccc(C2=N[C@H](c3ccc(Cl)cc3)[C@H](c3ccc(Cl)cc3)N2C(=O)N2CCN(CCOCCOCCOCCOCCC(=O)NCCN3C[C@H](C)Oc4ccc(F)cc4[C@@H](C)Nc4ccn5ncc(c5n4)C3=O)C(=O)C2)c(OC(C)C)c1. The smallest absolute Gasteiger partial charge is 0.326 e. The number of urea groups is 1. The molecule has 0 aliphatic carbocycles. The first-order valence-electron chi connectivity index (χ1n) is 28.4. The van der Waals surface area contributed by atoms with Gasteiger partial charge in [-0.3, -0.25) is 24.3 Å². The molecular formula is C61H71Cl2FN10O11. The van der Waals surface area contributed by atoms with Gasteiger partial charge in [-0.05, 0) is 99.5 Å². The van der Waals surface area contributed by atoms with Gasteiger partial charge in [0.1, 0.15) is 59.0 Å². The molecule has 1 fully saturated rings. The summed E-state index contributed by atoms with van der Waals surface area (Å²) in [5.41, 5.74) is 3.47. The first-order chi connectivity index (χ1) is 41.1. The minimum absolute atomic E-state index is 0.107. The van der Waals surface area contributed by atoms with E-state index in [9.17, 15) is 18.8 Å². The Bertz CT molecular complexity index is 3300. The molecule has 9 rings (SSSR count). The number of carbonyl (C=O) groups excluding carboxylic acids is 4. The van der Waals surface area contributed by atoms with Crippen LogP contribution in [-0.4, -0.2) is 182 Å². The summed E-state index contributed by atoms with van der Waals surface area (Å²) in [4.78, 5) is 72.0. The number of piperazine rings is 1. The van der Waals surface area contributed by atoms with Crippen LogP contribution in [0.2, 0.25) is 10.0 Å². The molecule has 3 aliphatic heterocycles. The Morgan fingerprint density at radius 3 is 2.16 bits per heavy atom. The molecule has 452 valence electrons. The molecule has 4 atom stereocenters. The van der Waals surface area contributed by atoms with E-state index < -0.39 is 24.0 Å². The number of rotatable bonds is 24. The number of nitrogens with one attached hydrogen (secondary N) is 2. The van der Waals surface area contributed by atoms with E-state index >= 15 is 4.79 Å². The largest absolute Gasteiger partial charge is 0.497 e. The maximum absolute atomic E-state index is 15.1. The quantitative estimate of drug-likeness (QED) is 0.0545. The molecule has 0 saturated carbocycles. The zero-order chi connectivity index (χ0) is 60.0. The predicted octanol–water partition coefficient (Wildman–Crippen LogP) is 8.45. The number of methoxy groups -OCH3 is 1. The second-order valence-corrected chi connectivity index (χ2v) is 21.7. The molecule has 24 heteroatoms. The number of fused-ring (bicyclic) bond motifs is 2. The van der Waals surface area contributed by atoms with E-state index in [1.54, 1.807) is 81.4 Å². The molecule has 0 radical (unpaired) electrons. The summed E-state index contributed by atoms with van der Waals surface area (Å²) in [6.07, 6.45) is 2.58. The van der Waals surface area contributed by atoms with Crippen molar-refractivity contribution < 1.29 is 56.7 Å². The second kappa shape index (κ2) is 29.5. The molecule has 4 aromatic carbocycles. The zero-order valence-corrected chi connectivity index (χ0v) is 49.7. The van der Waals surface area contributed by atoms with Crippen molar-refractivity contribution in [2.75, 3.05) is 111 Å². The lowest BCUT2D eigenvalue weighted by Gasteiger charge is -2.38. The van der Waals surface area contributed by atoms with Crippen molar-refractivity contribution in [3.05, 3.63) is 147 Å². The van der Waals surface area contributed by atoms with E-state index in [0.29, 0.717) is 107 Å². The standard InChI is InChI=1S/C61H71Cl2FN10O11/c1-39(2)84-52-35-47(79-5)15-16-48(52)59-69-56(42-6-10-44(62)11-7-42)57(43-8-12-45(63)13-9-43)74(59)61(78)72-24-23-70(55(76)38-72)25-27-81-29-31-83-33-32-82-30-28-80-26-19-54(75)65-20-22-71-37-40(3)85-51-17-14-46(64)34-49(51)41(4)67-53-18-21-73-58(68-53)50(36-66-73)60(71)77/h6-18,21,34-36,39-41,56-57H,19-20,22-33,37-38H2,1-5H3,(H,65,75)(H,67,68)/t40-,41+,56+,57-/m0/s1. The minimum atomic E-state index is -0.622. The maximum Gasteiger partial charge on any atom is 0.326 e. The van der Waals surface area contributed by atoms with Crippen LogP contribution in [0.25, 0.3) is 5.65 Å². The number of carbonyl (C=O) groups is 4. The maximum atomic E-state index is 15.1. The number of aliphatic imine (C=N–C) groups is 1. The molecule has 1 saturated heterocycles. The van der Waals surface area contributed by atoms with E-state index in [-0.39, 0.29) is 94.9 Å². The molecule has 5 amide bonds. The number of amidine groups is 1. The monoisotopic (exact) mass is 1210 g/mol. The van der Waals surface area contributed by atoms with Crippen molar-refractivity contribution in [1.82, 2.24) is 39.5 Å². The van der Waals surface area contributed by atoms with Crippen molar-refractivity contribution in [1.29, 1.82) is 0 Å². The molecule has 21 nitrogen and oxygen atoms in total. The number of aromatic nitrogens is 3. The molecule has 2 bridgehead atoms. The fraction of sp³-hybridized carbons (Fsp3) is 0.426. The van der Waals surface area contributed by atoms with Crippen LogP contribution in [-0.2, 0) is 28.5 Å². The molecule has 0 unspecified atom stereocenters. The van der Waals surface area contributed by atoms with E-state index in [0.717, 1.165) is 11.1 Å². The highest BCUT2D eigenvalue weighted by atomic mass is 35.5. The van der Waals surface area contributed by atoms with Gasteiger partial charge in [-0.25, -0.2) is 18.7 Å². The normalized spacial score (nSPS) is 18.2. The predicted molar refractivity (Wildman–Crippen MR) is 317 cm³/mol. The van der Waals surface area contributed by atoms with Crippen LogP contribution in [0.15, 0.2) is 108 Å². The van der Waals surface area contributed by atoms with Crippen LogP contribution in [0.4, 0.5) is 15.0 Å². The average molecular weight is 1210 g/mol. The number of anilines is 1. The Hall–Kier alpha value is -7.60. The van der Waals surface area contributed by atoms with Gasteiger partial charge in [0.05, 0.1) is 96.5 Å². The van der Waals surface area contributed by atoms with Gasteiger partial charge >= 0.3 is 6.03 Å². The zero-order valence-electron chi connectivity index (χ0n) is 48.2. The van der Waals surface area contributed by atoms with Crippen molar-refractivity contribution in [3.8, 4) is 17.2 Å². The lowest BCUT2D eigenvalue weighted by molar-refractivity contribution is -0.135. The summed E-state index contributed by atoms with van der Waals surface area (Å²) in [6, 6.07) is 24.3. The highest BCUT2D eigenvalue weighted by Gasteiger charge is 2.46. The fourth-order valence-electron chi connectivity index (χ4n) is 10.2. The molecule has 3 aliphatic rings. The highest BCUT2D eigenvalue weighted by molar-refractivity contribution is 6.30. The number of hydrogen-bond acceptors (Lipinski definition) is 15. The summed E-state index contributed by atoms with van der Waals surface area (Å²) in [7, 11) is 1.58. The van der Waals surface area contributed by atoms with Crippen molar-refractivity contribution in [2.24, 2.45) is 4.99 Å². The van der Waals surface area contributed by atoms with Crippen LogP contribution in [0.1, 0.15) is 84.9 Å². The van der Waals surface area contributed by atoms with Crippen LogP contribution < -0.4 is 24.8 Å². The highest BCUT2D eigenvalue weighted by Crippen LogP contribution is 2.46. The summed E-state index contributed by atoms with van der Waals surface area (Å²) in [5, 5.41) is 11.6. The molecule has 6 aromatic rings. The van der Waals surface area contributed by atoms with Crippen molar-refractivity contribution in [2.45, 2.75) is 64.4 Å². The van der Waals surface area contributed by atoms with Crippen LogP contribution in [0.3, 0.4) is 0 Å². The first-order valence-corrected chi connectivity index (χ1v) is 29.1. The molecule has 5 heterocycles. The van der Waals surface area contributed by atoms with Gasteiger partial charge in [0.2, 0.25) is 11.8 Å². The number of amides is 5. The van der Waals surface area contributed by atoms with Crippen molar-refractivity contribution in [3.63, 3.8) is 0 Å². The van der Waals surface area contributed by atoms with Gasteiger partial charge in [-0.15, -0.1) is 0 Å². The van der Waals surface area contributed by atoms with E-state index in [1.165, 1.54) is 22.8 Å². The van der Waals surface area contributed by atoms with Crippen molar-refractivity contribution >= 4 is 64.3 Å². The van der Waals surface area contributed by atoms with Gasteiger partial charge in [-0.1, -0.05) is 47.5 Å². The van der Waals surface area contributed by atoms with Gasteiger partial charge in [0, 0.05) is 67.0 Å². The fourth-order valence-corrected chi connectivity index (χ4v) is 10.4. The number of nitrogens with zero attached hydrogens (tertiary/aromatic N) is 8. The summed E-state index contributed by atoms with van der Waals surface area (Å²) in [5.74, 6) is 1.23. The number of ether oxygens (including phenoxy) is 7. The minimum Gasteiger partial charge on any atom is -0.497 e. The average Bonchev–Trinajstić information content (AvgIpc) is 3.08. The van der Waals surface area contributed by atoms with Gasteiger partial charge < -0.3 is 58.5 Å². The lowest BCUT2D eigenvalue weighted by Crippen LogP contribution is -2.56. The third-order valence-electron chi connectivity index (χ3n) is 14.4. The van der Waals surface area contributed by atoms with Crippen LogP contribution >= 0.6 is 23.2 Å². The van der Waals surface area contributed by atoms with Crippen LogP contribution in [0.5, 0.6) is 17.2 Å². The number of halogens is 3. The molecular weight excluding hydrogens is 1140 g/mol. The van der Waals surface area contributed by atoms with E-state index in [2.05, 4.69) is 20.7 Å². The third-order valence-corrected chi connectivity index (χ3v) is 14.9. The third kappa shape index (κ3) is 16.0. The molecule has 2 aromatic heterocycles. The summed E-state index contributed by atoms with van der Waals surface area (Å²) < 4.78 is 56.8. The summed E-state index contributed by atoms with van der Waals surface area (Å²) in [6.45, 7) is 11.2. The van der Waals surface area contributed by atoms with E-state index in [4.69, 9.17) is 61.4 Å². The summed E-state index contributed by atoms with van der Waals surface area (Å²) >= 11 is 12.7.